The second-order valence-electron chi connectivity index (χ2n) is 6.94. The normalized spacial score (nSPS) is 20.1. The van der Waals surface area contributed by atoms with Crippen LogP contribution in [0, 0.1) is 0 Å². The summed E-state index contributed by atoms with van der Waals surface area (Å²) in [5.41, 5.74) is 1.39. The highest BCUT2D eigenvalue weighted by Crippen LogP contribution is 2.44. The number of nitrogens with zero attached hydrogens (tertiary/aromatic N) is 3. The Morgan fingerprint density at radius 2 is 1.79 bits per heavy atom. The molecular weight excluding hydrogens is 390 g/mol. The number of carboxylic acids is 1. The first-order valence-electron chi connectivity index (χ1n) is 9.91. The van der Waals surface area contributed by atoms with E-state index in [-0.39, 0.29) is 11.5 Å². The number of hydrogen-bond acceptors (Lipinski definition) is 5. The standard InChI is InChI=1S/C21H25N3O4S/c1-3-5-11-22-21-23(12-6-4-2)20(28)18(29-21)17-14-9-7-8-10-15(14)24(19(17)27)13-16(25)26/h7-10H,3-6,11-13H2,1-2H3,(H,25,26). The van der Waals surface area contributed by atoms with Gasteiger partial charge in [0.25, 0.3) is 11.8 Å². The molecule has 3 rings (SSSR count). The van der Waals surface area contributed by atoms with E-state index in [2.05, 4.69) is 18.8 Å². The number of anilines is 1. The molecule has 0 aromatic heterocycles. The minimum Gasteiger partial charge on any atom is -0.480 e. The molecule has 29 heavy (non-hydrogen) atoms. The molecule has 0 atom stereocenters. The topological polar surface area (TPSA) is 90.3 Å². The fourth-order valence-corrected chi connectivity index (χ4v) is 4.43. The Balaban J connectivity index is 2.04. The summed E-state index contributed by atoms with van der Waals surface area (Å²) in [4.78, 5) is 45.4. The zero-order chi connectivity index (χ0) is 21.0. The zero-order valence-electron chi connectivity index (χ0n) is 16.7. The SMILES string of the molecule is CCCCN=C1SC(=C2C(=O)N(CC(=O)O)c3ccccc32)C(=O)N1CCCC. The van der Waals surface area contributed by atoms with Crippen LogP contribution in [-0.2, 0) is 14.4 Å². The molecule has 1 fully saturated rings. The lowest BCUT2D eigenvalue weighted by Gasteiger charge is -2.15. The molecule has 1 aromatic rings. The third-order valence-electron chi connectivity index (χ3n) is 4.80. The summed E-state index contributed by atoms with van der Waals surface area (Å²) in [7, 11) is 0. The lowest BCUT2D eigenvalue weighted by molar-refractivity contribution is -0.136. The summed E-state index contributed by atoms with van der Waals surface area (Å²) in [6.45, 7) is 4.89. The molecule has 0 saturated carbocycles. The molecule has 2 amide bonds. The van der Waals surface area contributed by atoms with E-state index in [0.29, 0.717) is 34.4 Å². The molecule has 2 aliphatic rings. The Kier molecular flexibility index (Phi) is 6.74. The summed E-state index contributed by atoms with van der Waals surface area (Å²) in [5, 5.41) is 9.84. The van der Waals surface area contributed by atoms with E-state index >= 15 is 0 Å². The Morgan fingerprint density at radius 1 is 1.07 bits per heavy atom. The molecule has 7 nitrogen and oxygen atoms in total. The van der Waals surface area contributed by atoms with Crippen molar-refractivity contribution in [1.82, 2.24) is 4.90 Å². The van der Waals surface area contributed by atoms with Gasteiger partial charge in [0.1, 0.15) is 6.54 Å². The van der Waals surface area contributed by atoms with Crippen molar-refractivity contribution < 1.29 is 19.5 Å². The van der Waals surface area contributed by atoms with Gasteiger partial charge in [-0.15, -0.1) is 0 Å². The zero-order valence-corrected chi connectivity index (χ0v) is 17.5. The van der Waals surface area contributed by atoms with Gasteiger partial charge in [-0.25, -0.2) is 0 Å². The Hall–Kier alpha value is -2.61. The van der Waals surface area contributed by atoms with Crippen LogP contribution in [0.5, 0.6) is 0 Å². The number of hydrogen-bond donors (Lipinski definition) is 1. The highest BCUT2D eigenvalue weighted by atomic mass is 32.2. The van der Waals surface area contributed by atoms with E-state index in [4.69, 9.17) is 0 Å². The van der Waals surface area contributed by atoms with Crippen LogP contribution in [0.25, 0.3) is 5.57 Å². The van der Waals surface area contributed by atoms with Crippen LogP contribution in [-0.4, -0.2) is 52.6 Å². The molecular formula is C21H25N3O4S. The highest BCUT2D eigenvalue weighted by Gasteiger charge is 2.42. The van der Waals surface area contributed by atoms with Gasteiger partial charge in [0.2, 0.25) is 0 Å². The molecule has 2 aliphatic heterocycles. The largest absolute Gasteiger partial charge is 0.480 e. The van der Waals surface area contributed by atoms with Crippen LogP contribution < -0.4 is 4.90 Å². The van der Waals surface area contributed by atoms with Crippen molar-refractivity contribution in [3.63, 3.8) is 0 Å². The predicted octanol–water partition coefficient (Wildman–Crippen LogP) is 3.36. The molecule has 1 aromatic carbocycles. The van der Waals surface area contributed by atoms with Gasteiger partial charge in [-0.05, 0) is 30.7 Å². The van der Waals surface area contributed by atoms with Crippen molar-refractivity contribution in [3.8, 4) is 0 Å². The number of amidine groups is 1. The first-order chi connectivity index (χ1) is 14.0. The third kappa shape index (κ3) is 4.22. The number of thioether (sulfide) groups is 1. The summed E-state index contributed by atoms with van der Waals surface area (Å²) in [6.07, 6.45) is 3.72. The van der Waals surface area contributed by atoms with E-state index in [1.54, 1.807) is 29.2 Å². The second kappa shape index (κ2) is 9.26. The molecule has 0 aliphatic carbocycles. The van der Waals surface area contributed by atoms with Crippen LogP contribution in [0.1, 0.15) is 45.1 Å². The van der Waals surface area contributed by atoms with E-state index in [1.165, 1.54) is 16.7 Å². The Morgan fingerprint density at radius 3 is 2.48 bits per heavy atom. The number of carbonyl (C=O) groups excluding carboxylic acids is 2. The average Bonchev–Trinajstić information content (AvgIpc) is 3.14. The molecule has 0 radical (unpaired) electrons. The maximum atomic E-state index is 13.2. The van der Waals surface area contributed by atoms with Gasteiger partial charge in [0.15, 0.2) is 5.17 Å². The summed E-state index contributed by atoms with van der Waals surface area (Å²) in [6, 6.07) is 7.00. The number of fused-ring (bicyclic) bond motifs is 1. The number of amides is 2. The quantitative estimate of drug-likeness (QED) is 0.519. The summed E-state index contributed by atoms with van der Waals surface area (Å²) >= 11 is 1.22. The minimum atomic E-state index is -1.10. The third-order valence-corrected chi connectivity index (χ3v) is 5.92. The smallest absolute Gasteiger partial charge is 0.323 e. The monoisotopic (exact) mass is 415 g/mol. The van der Waals surface area contributed by atoms with Crippen molar-refractivity contribution in [2.45, 2.75) is 39.5 Å². The van der Waals surface area contributed by atoms with Gasteiger partial charge in [0, 0.05) is 18.7 Å². The van der Waals surface area contributed by atoms with E-state index < -0.39 is 18.4 Å². The number of carboxylic acid groups (broad SMARTS) is 1. The van der Waals surface area contributed by atoms with Crippen LogP contribution >= 0.6 is 11.8 Å². The van der Waals surface area contributed by atoms with Gasteiger partial charge >= 0.3 is 5.97 Å². The first-order valence-corrected chi connectivity index (χ1v) is 10.7. The minimum absolute atomic E-state index is 0.228. The van der Waals surface area contributed by atoms with Crippen molar-refractivity contribution in [3.05, 3.63) is 34.7 Å². The Bertz CT molecular complexity index is 894. The molecule has 1 saturated heterocycles. The van der Waals surface area contributed by atoms with Gasteiger partial charge in [-0.2, -0.15) is 0 Å². The Labute approximate surface area is 174 Å². The molecule has 2 heterocycles. The van der Waals surface area contributed by atoms with Crippen molar-refractivity contribution >= 4 is 46.0 Å². The maximum Gasteiger partial charge on any atom is 0.323 e. The van der Waals surface area contributed by atoms with Crippen LogP contribution in [0.4, 0.5) is 5.69 Å². The van der Waals surface area contributed by atoms with Gasteiger partial charge in [-0.1, -0.05) is 44.9 Å². The number of para-hydroxylation sites is 1. The van der Waals surface area contributed by atoms with Crippen molar-refractivity contribution in [2.24, 2.45) is 4.99 Å². The molecule has 0 bridgehead atoms. The molecule has 0 unspecified atom stereocenters. The number of benzene rings is 1. The van der Waals surface area contributed by atoms with Gasteiger partial charge < -0.3 is 5.11 Å². The lowest BCUT2D eigenvalue weighted by Crippen LogP contribution is -2.33. The summed E-state index contributed by atoms with van der Waals surface area (Å²) in [5.74, 6) is -1.78. The van der Waals surface area contributed by atoms with Crippen LogP contribution in [0.15, 0.2) is 34.2 Å². The van der Waals surface area contributed by atoms with Crippen molar-refractivity contribution in [2.75, 3.05) is 24.5 Å². The van der Waals surface area contributed by atoms with E-state index in [0.717, 1.165) is 25.7 Å². The molecule has 0 spiro atoms. The van der Waals surface area contributed by atoms with Gasteiger partial charge in [-0.3, -0.25) is 29.2 Å². The van der Waals surface area contributed by atoms with Gasteiger partial charge in [0.05, 0.1) is 16.2 Å². The lowest BCUT2D eigenvalue weighted by atomic mass is 10.1. The number of aliphatic imine (C=N–C) groups is 1. The van der Waals surface area contributed by atoms with E-state index in [9.17, 15) is 19.5 Å². The predicted molar refractivity (Wildman–Crippen MR) is 115 cm³/mol. The fraction of sp³-hybridized carbons (Fsp3) is 0.429. The summed E-state index contributed by atoms with van der Waals surface area (Å²) < 4.78 is 0. The first kappa shape index (κ1) is 21.1. The highest BCUT2D eigenvalue weighted by molar-refractivity contribution is 8.18. The second-order valence-corrected chi connectivity index (χ2v) is 7.91. The molecule has 8 heteroatoms. The van der Waals surface area contributed by atoms with E-state index in [1.807, 2.05) is 0 Å². The van der Waals surface area contributed by atoms with Crippen LogP contribution in [0.2, 0.25) is 0 Å². The number of rotatable bonds is 8. The van der Waals surface area contributed by atoms with Crippen LogP contribution in [0.3, 0.4) is 0 Å². The average molecular weight is 416 g/mol. The molecule has 1 N–H and O–H groups in total. The number of unbranched alkanes of at least 4 members (excludes halogenated alkanes) is 2. The number of aliphatic carboxylic acids is 1. The fourth-order valence-electron chi connectivity index (χ4n) is 3.31. The maximum absolute atomic E-state index is 13.2. The number of carbonyl (C=O) groups is 3. The van der Waals surface area contributed by atoms with Crippen molar-refractivity contribution in [1.29, 1.82) is 0 Å². The molecule has 154 valence electrons.